The van der Waals surface area contributed by atoms with E-state index in [1.165, 1.54) is 18.2 Å². The molecule has 0 aromatic heterocycles. The molecule has 2 aromatic carbocycles. The first-order valence-electron chi connectivity index (χ1n) is 11.5. The fourth-order valence-electron chi connectivity index (χ4n) is 5.56. The third-order valence-electron chi connectivity index (χ3n) is 7.36. The number of Topliss-reactive ketones (excluding diaryl/α,β-unsaturated/α-hetero) is 2. The maximum Gasteiger partial charge on any atom is 0.262 e. The van der Waals surface area contributed by atoms with Crippen LogP contribution in [-0.4, -0.2) is 51.9 Å². The SMILES string of the molecule is NC(=O)C1=C(O)[C@@]2(O)C(=O)C3=C(O)c4c(O)c(NS(=O)(=O)c5cccc(Cl)c5)cc(F)c4CC3C[C@H]2CC1=O. The second-order valence-corrected chi connectivity index (χ2v) is 11.7. The van der Waals surface area contributed by atoms with Crippen LogP contribution in [0.5, 0.6) is 5.75 Å². The highest BCUT2D eigenvalue weighted by Gasteiger charge is 2.60. The summed E-state index contributed by atoms with van der Waals surface area (Å²) >= 11 is 5.85. The Morgan fingerprint density at radius 1 is 1.15 bits per heavy atom. The van der Waals surface area contributed by atoms with Gasteiger partial charge in [-0.25, -0.2) is 12.8 Å². The molecular formula is C25H20ClFN2O9S. The van der Waals surface area contributed by atoms with E-state index in [1.807, 2.05) is 4.72 Å². The average Bonchev–Trinajstić information content (AvgIpc) is 2.84. The Balaban J connectivity index is 1.64. The predicted octanol–water partition coefficient (Wildman–Crippen LogP) is 2.02. The van der Waals surface area contributed by atoms with Crippen LogP contribution in [0.2, 0.25) is 5.02 Å². The molecule has 11 nitrogen and oxygen atoms in total. The van der Waals surface area contributed by atoms with Crippen molar-refractivity contribution in [2.24, 2.45) is 17.6 Å². The fraction of sp³-hybridized carbons (Fsp3) is 0.240. The van der Waals surface area contributed by atoms with Gasteiger partial charge in [-0.2, -0.15) is 0 Å². The number of phenols is 1. The van der Waals surface area contributed by atoms with Crippen LogP contribution in [0.4, 0.5) is 10.1 Å². The quantitative estimate of drug-likeness (QED) is 0.231. The Morgan fingerprint density at radius 3 is 2.49 bits per heavy atom. The maximum atomic E-state index is 15.3. The lowest BCUT2D eigenvalue weighted by Crippen LogP contribution is -2.58. The van der Waals surface area contributed by atoms with Crippen molar-refractivity contribution in [3.63, 3.8) is 0 Å². The summed E-state index contributed by atoms with van der Waals surface area (Å²) in [6.07, 6.45) is -0.957. The van der Waals surface area contributed by atoms with E-state index in [4.69, 9.17) is 17.3 Å². The van der Waals surface area contributed by atoms with Crippen molar-refractivity contribution in [3.05, 3.63) is 69.2 Å². The van der Waals surface area contributed by atoms with Gasteiger partial charge in [0, 0.05) is 34.6 Å². The Labute approximate surface area is 225 Å². The Morgan fingerprint density at radius 2 is 1.85 bits per heavy atom. The average molecular weight is 579 g/mol. The van der Waals surface area contributed by atoms with Crippen LogP contribution in [0.1, 0.15) is 24.0 Å². The minimum atomic E-state index is -4.39. The van der Waals surface area contributed by atoms with Crippen molar-refractivity contribution in [2.45, 2.75) is 29.8 Å². The number of aliphatic hydroxyl groups is 3. The number of nitrogens with two attached hydrogens (primary N) is 1. The number of fused-ring (bicyclic) bond motifs is 3. The van der Waals surface area contributed by atoms with Crippen molar-refractivity contribution < 1.29 is 47.6 Å². The number of hydrogen-bond donors (Lipinski definition) is 6. The van der Waals surface area contributed by atoms with Gasteiger partial charge in [0.15, 0.2) is 17.1 Å². The minimum absolute atomic E-state index is 0.0976. The normalized spacial score (nSPS) is 24.7. The van der Waals surface area contributed by atoms with E-state index in [2.05, 4.69) is 0 Å². The van der Waals surface area contributed by atoms with Crippen molar-refractivity contribution in [3.8, 4) is 5.75 Å². The lowest BCUT2D eigenvalue weighted by molar-refractivity contribution is -0.147. The summed E-state index contributed by atoms with van der Waals surface area (Å²) in [6.45, 7) is 0. The highest BCUT2D eigenvalue weighted by molar-refractivity contribution is 7.92. The van der Waals surface area contributed by atoms with Crippen molar-refractivity contribution in [1.82, 2.24) is 0 Å². The number of amides is 1. The number of rotatable bonds is 4. The van der Waals surface area contributed by atoms with Crippen LogP contribution in [0.15, 0.2) is 52.1 Å². The van der Waals surface area contributed by atoms with Crippen LogP contribution in [0.25, 0.3) is 5.76 Å². The van der Waals surface area contributed by atoms with E-state index in [-0.39, 0.29) is 28.3 Å². The number of sulfonamides is 1. The first kappa shape index (κ1) is 26.7. The monoisotopic (exact) mass is 578 g/mol. The second-order valence-electron chi connectivity index (χ2n) is 9.58. The summed E-state index contributed by atoms with van der Waals surface area (Å²) in [4.78, 5) is 37.3. The summed E-state index contributed by atoms with van der Waals surface area (Å²) < 4.78 is 43.0. The number of carbonyl (C=O) groups excluding carboxylic acids is 3. The lowest BCUT2D eigenvalue weighted by atomic mass is 9.59. The van der Waals surface area contributed by atoms with Crippen LogP contribution in [0.3, 0.4) is 0 Å². The van der Waals surface area contributed by atoms with Gasteiger partial charge in [-0.05, 0) is 37.0 Å². The number of anilines is 1. The zero-order valence-corrected chi connectivity index (χ0v) is 21.3. The molecule has 1 unspecified atom stereocenters. The first-order valence-corrected chi connectivity index (χ1v) is 13.3. The van der Waals surface area contributed by atoms with Gasteiger partial charge in [0.25, 0.3) is 15.9 Å². The smallest absolute Gasteiger partial charge is 0.262 e. The van der Waals surface area contributed by atoms with Crippen LogP contribution < -0.4 is 10.5 Å². The van der Waals surface area contributed by atoms with Crippen LogP contribution in [-0.2, 0) is 30.8 Å². The van der Waals surface area contributed by atoms with E-state index in [0.717, 1.165) is 6.07 Å². The molecule has 3 atom stereocenters. The summed E-state index contributed by atoms with van der Waals surface area (Å²) in [5.41, 5.74) is -0.543. The fourth-order valence-corrected chi connectivity index (χ4v) is 6.92. The number of phenolic OH excluding ortho intramolecular Hbond substituents is 1. The maximum absolute atomic E-state index is 15.3. The number of primary amides is 1. The molecule has 14 heteroatoms. The van der Waals surface area contributed by atoms with Gasteiger partial charge < -0.3 is 26.2 Å². The van der Waals surface area contributed by atoms with E-state index in [1.54, 1.807) is 0 Å². The van der Waals surface area contributed by atoms with Gasteiger partial charge >= 0.3 is 0 Å². The molecule has 1 amide bonds. The van der Waals surface area contributed by atoms with Gasteiger partial charge in [-0.1, -0.05) is 17.7 Å². The molecule has 204 valence electrons. The molecule has 3 aliphatic carbocycles. The number of ketones is 2. The Kier molecular flexibility index (Phi) is 6.01. The third kappa shape index (κ3) is 3.87. The van der Waals surface area contributed by atoms with E-state index in [9.17, 15) is 43.2 Å². The van der Waals surface area contributed by atoms with Gasteiger partial charge in [0.1, 0.15) is 22.9 Å². The topological polar surface area (TPSA) is 204 Å². The third-order valence-corrected chi connectivity index (χ3v) is 8.96. The standard InChI is InChI=1S/C25H20ClFN2O9S/c26-11-2-1-3-12(7-11)39(37,38)29-15-8-14(27)13-5-9-4-10-6-16(30)19(24(28)35)23(34)25(10,36)22(33)17(9)21(32)18(13)20(15)31/h1-3,7-10,29,31-32,34,36H,4-6H2,(H2,28,35)/t9?,10-,25-/m0/s1. The van der Waals surface area contributed by atoms with Crippen LogP contribution in [0, 0.1) is 17.7 Å². The molecule has 0 radical (unpaired) electrons. The number of benzene rings is 2. The molecule has 7 N–H and O–H groups in total. The predicted molar refractivity (Wildman–Crippen MR) is 134 cm³/mol. The molecule has 0 bridgehead atoms. The lowest BCUT2D eigenvalue weighted by Gasteiger charge is -2.46. The van der Waals surface area contributed by atoms with Gasteiger partial charge in [-0.15, -0.1) is 0 Å². The van der Waals surface area contributed by atoms with Crippen molar-refractivity contribution in [2.75, 3.05) is 4.72 Å². The second kappa shape index (κ2) is 8.79. The Hall–Kier alpha value is -3.94. The molecule has 5 rings (SSSR count). The molecule has 39 heavy (non-hydrogen) atoms. The summed E-state index contributed by atoms with van der Waals surface area (Å²) in [6, 6.07) is 5.83. The number of aromatic hydroxyl groups is 1. The Bertz CT molecular complexity index is 1680. The molecule has 0 heterocycles. The number of hydrogen-bond acceptors (Lipinski definition) is 9. The largest absolute Gasteiger partial charge is 0.508 e. The number of carbonyl (C=O) groups is 3. The zero-order chi connectivity index (χ0) is 28.6. The van der Waals surface area contributed by atoms with E-state index in [0.29, 0.717) is 6.07 Å². The minimum Gasteiger partial charge on any atom is -0.508 e. The van der Waals surface area contributed by atoms with Gasteiger partial charge in [0.2, 0.25) is 5.78 Å². The number of nitrogens with one attached hydrogen (secondary N) is 1. The van der Waals surface area contributed by atoms with Crippen LogP contribution >= 0.6 is 11.6 Å². The summed E-state index contributed by atoms with van der Waals surface area (Å²) in [5, 5.41) is 44.0. The van der Waals surface area contributed by atoms with Gasteiger partial charge in [0.05, 0.1) is 16.1 Å². The molecule has 0 spiro atoms. The summed E-state index contributed by atoms with van der Waals surface area (Å²) in [7, 11) is -4.39. The number of aliphatic hydroxyl groups excluding tert-OH is 2. The van der Waals surface area contributed by atoms with Crippen molar-refractivity contribution in [1.29, 1.82) is 0 Å². The number of halogens is 2. The molecule has 2 aromatic rings. The highest BCUT2D eigenvalue weighted by Crippen LogP contribution is 2.53. The zero-order valence-electron chi connectivity index (χ0n) is 19.7. The summed E-state index contributed by atoms with van der Waals surface area (Å²) in [5.74, 6) is -9.76. The first-order chi connectivity index (χ1) is 18.2. The molecule has 0 saturated heterocycles. The molecular weight excluding hydrogens is 559 g/mol. The molecule has 1 saturated carbocycles. The molecule has 3 aliphatic rings. The van der Waals surface area contributed by atoms with E-state index < -0.39 is 96.8 Å². The van der Waals surface area contributed by atoms with E-state index >= 15 is 4.39 Å². The molecule has 1 fully saturated rings. The highest BCUT2D eigenvalue weighted by atomic mass is 35.5. The molecule has 0 aliphatic heterocycles. The van der Waals surface area contributed by atoms with Gasteiger partial charge in [-0.3, -0.25) is 19.1 Å². The van der Waals surface area contributed by atoms with Crippen molar-refractivity contribution >= 4 is 50.5 Å².